The molecule has 148 valence electrons. The van der Waals surface area contributed by atoms with Crippen LogP contribution in [0.3, 0.4) is 0 Å². The Balaban J connectivity index is 1.66. The molecular weight excluding hydrogens is 387 g/mol. The highest BCUT2D eigenvalue weighted by atomic mass is 32.1. The second kappa shape index (κ2) is 6.07. The highest BCUT2D eigenvalue weighted by Crippen LogP contribution is 2.44. The van der Waals surface area contributed by atoms with Crippen LogP contribution in [-0.2, 0) is 9.31 Å². The molecule has 0 saturated carbocycles. The summed E-state index contributed by atoms with van der Waals surface area (Å²) >= 11 is 1.88. The number of hydrogen-bond acceptors (Lipinski definition) is 3. The summed E-state index contributed by atoms with van der Waals surface area (Å²) in [6.45, 7) is 8.41. The van der Waals surface area contributed by atoms with Crippen LogP contribution in [0.5, 0.6) is 0 Å². The van der Waals surface area contributed by atoms with Gasteiger partial charge in [-0.05, 0) is 55.4 Å². The first-order valence-corrected chi connectivity index (χ1v) is 11.3. The molecule has 5 aromatic rings. The molecule has 1 aromatic heterocycles. The van der Waals surface area contributed by atoms with Crippen LogP contribution in [0.4, 0.5) is 0 Å². The summed E-state index contributed by atoms with van der Waals surface area (Å²) in [4.78, 5) is 0. The summed E-state index contributed by atoms with van der Waals surface area (Å²) in [6, 6.07) is 24.2. The monoisotopic (exact) mass is 410 g/mol. The maximum absolute atomic E-state index is 6.33. The quantitative estimate of drug-likeness (QED) is 0.227. The fourth-order valence-corrected chi connectivity index (χ4v) is 5.79. The van der Waals surface area contributed by atoms with Crippen LogP contribution in [0, 0.1) is 0 Å². The number of hydrogen-bond donors (Lipinski definition) is 0. The second-order valence-corrected chi connectivity index (χ2v) is 10.3. The van der Waals surface area contributed by atoms with E-state index in [1.807, 2.05) is 11.3 Å². The third kappa shape index (κ3) is 2.45. The van der Waals surface area contributed by atoms with E-state index in [0.29, 0.717) is 0 Å². The molecule has 2 nitrogen and oxygen atoms in total. The molecule has 1 aliphatic rings. The molecular formula is C26H23BO2S. The first kappa shape index (κ1) is 18.4. The van der Waals surface area contributed by atoms with Gasteiger partial charge in [0.15, 0.2) is 0 Å². The number of thiophene rings is 1. The number of rotatable bonds is 1. The molecule has 0 unspecified atom stereocenters. The van der Waals surface area contributed by atoms with Gasteiger partial charge in [0.1, 0.15) is 0 Å². The van der Waals surface area contributed by atoms with Crippen LogP contribution in [0.15, 0.2) is 66.7 Å². The van der Waals surface area contributed by atoms with Crippen molar-refractivity contribution >= 4 is 65.6 Å². The minimum absolute atomic E-state index is 0.341. The van der Waals surface area contributed by atoms with Crippen LogP contribution in [0.2, 0.25) is 0 Å². The van der Waals surface area contributed by atoms with Gasteiger partial charge in [0.2, 0.25) is 0 Å². The van der Waals surface area contributed by atoms with Gasteiger partial charge in [0, 0.05) is 25.6 Å². The average Bonchev–Trinajstić information content (AvgIpc) is 3.22. The fraction of sp³-hybridized carbons (Fsp3) is 0.231. The van der Waals surface area contributed by atoms with Gasteiger partial charge < -0.3 is 9.31 Å². The van der Waals surface area contributed by atoms with Crippen molar-refractivity contribution in [2.75, 3.05) is 0 Å². The van der Waals surface area contributed by atoms with E-state index in [2.05, 4.69) is 94.4 Å². The number of fused-ring (bicyclic) bond motifs is 8. The maximum Gasteiger partial charge on any atom is 0.494 e. The summed E-state index contributed by atoms with van der Waals surface area (Å²) in [6.07, 6.45) is 0. The van der Waals surface area contributed by atoms with E-state index in [0.717, 1.165) is 5.46 Å². The highest BCUT2D eigenvalue weighted by molar-refractivity contribution is 7.27. The van der Waals surface area contributed by atoms with E-state index < -0.39 is 0 Å². The molecule has 0 bridgehead atoms. The summed E-state index contributed by atoms with van der Waals surface area (Å²) < 4.78 is 15.3. The van der Waals surface area contributed by atoms with Crippen molar-refractivity contribution in [1.82, 2.24) is 0 Å². The van der Waals surface area contributed by atoms with E-state index in [1.165, 1.54) is 41.7 Å². The van der Waals surface area contributed by atoms with Crippen LogP contribution in [-0.4, -0.2) is 18.3 Å². The lowest BCUT2D eigenvalue weighted by atomic mass is 9.78. The zero-order chi connectivity index (χ0) is 20.7. The smallest absolute Gasteiger partial charge is 0.399 e. The van der Waals surface area contributed by atoms with E-state index in [1.54, 1.807) is 0 Å². The van der Waals surface area contributed by atoms with Crippen LogP contribution in [0.25, 0.3) is 41.7 Å². The molecule has 4 heteroatoms. The molecule has 1 fully saturated rings. The van der Waals surface area contributed by atoms with Crippen molar-refractivity contribution in [3.05, 3.63) is 66.7 Å². The normalized spacial score (nSPS) is 18.2. The highest BCUT2D eigenvalue weighted by Gasteiger charge is 2.51. The topological polar surface area (TPSA) is 18.5 Å². The third-order valence-electron chi connectivity index (χ3n) is 6.90. The molecule has 0 radical (unpaired) electrons. The average molecular weight is 410 g/mol. The molecule has 1 saturated heterocycles. The number of benzene rings is 4. The molecule has 0 spiro atoms. The largest absolute Gasteiger partial charge is 0.494 e. The van der Waals surface area contributed by atoms with Crippen LogP contribution < -0.4 is 5.46 Å². The Bertz CT molecular complexity index is 1450. The third-order valence-corrected chi connectivity index (χ3v) is 8.10. The molecule has 2 heterocycles. The zero-order valence-corrected chi connectivity index (χ0v) is 18.5. The van der Waals surface area contributed by atoms with Gasteiger partial charge in [0.25, 0.3) is 0 Å². The van der Waals surface area contributed by atoms with Crippen molar-refractivity contribution in [3.63, 3.8) is 0 Å². The Morgan fingerprint density at radius 2 is 1.23 bits per heavy atom. The van der Waals surface area contributed by atoms with Gasteiger partial charge in [-0.1, -0.05) is 60.7 Å². The van der Waals surface area contributed by atoms with E-state index in [9.17, 15) is 0 Å². The maximum atomic E-state index is 6.33. The van der Waals surface area contributed by atoms with Crippen molar-refractivity contribution < 1.29 is 9.31 Å². The van der Waals surface area contributed by atoms with E-state index in [-0.39, 0.29) is 18.3 Å². The lowest BCUT2D eigenvalue weighted by molar-refractivity contribution is 0.00578. The predicted molar refractivity (Wildman–Crippen MR) is 130 cm³/mol. The van der Waals surface area contributed by atoms with E-state index in [4.69, 9.17) is 9.31 Å². The summed E-state index contributed by atoms with van der Waals surface area (Å²) in [5.74, 6) is 0. The van der Waals surface area contributed by atoms with Gasteiger partial charge in [-0.3, -0.25) is 0 Å². The molecule has 30 heavy (non-hydrogen) atoms. The molecule has 1 aliphatic heterocycles. The fourth-order valence-electron chi connectivity index (χ4n) is 4.55. The minimum Gasteiger partial charge on any atom is -0.399 e. The molecule has 0 amide bonds. The minimum atomic E-state index is -0.346. The molecule has 4 aromatic carbocycles. The molecule has 0 N–H and O–H groups in total. The Labute approximate surface area is 180 Å². The molecule has 0 atom stereocenters. The Morgan fingerprint density at radius 3 is 1.90 bits per heavy atom. The first-order chi connectivity index (χ1) is 14.4. The van der Waals surface area contributed by atoms with Crippen molar-refractivity contribution in [1.29, 1.82) is 0 Å². The lowest BCUT2D eigenvalue weighted by Crippen LogP contribution is -2.41. The standard InChI is InChI=1S/C26H23BO2S/c1-25(2)26(3,4)29-27(28-25)16-13-14-22-21(15-16)23-19-11-7-5-9-17(19)18-10-6-8-12-20(18)24(23)30-22/h5-15H,1-4H3. The Kier molecular flexibility index (Phi) is 3.72. The summed E-state index contributed by atoms with van der Waals surface area (Å²) in [5, 5.41) is 7.87. The zero-order valence-electron chi connectivity index (χ0n) is 17.7. The van der Waals surface area contributed by atoms with Gasteiger partial charge >= 0.3 is 7.12 Å². The summed E-state index contributed by atoms with van der Waals surface area (Å²) in [5.41, 5.74) is 0.399. The van der Waals surface area contributed by atoms with Crippen molar-refractivity contribution in [2.24, 2.45) is 0 Å². The van der Waals surface area contributed by atoms with Crippen molar-refractivity contribution in [2.45, 2.75) is 38.9 Å². The predicted octanol–water partition coefficient (Wildman–Crippen LogP) is 6.66. The van der Waals surface area contributed by atoms with Crippen LogP contribution >= 0.6 is 11.3 Å². The molecule has 0 aliphatic carbocycles. The van der Waals surface area contributed by atoms with Gasteiger partial charge in [-0.25, -0.2) is 0 Å². The second-order valence-electron chi connectivity index (χ2n) is 9.24. The summed E-state index contributed by atoms with van der Waals surface area (Å²) in [7, 11) is -0.346. The van der Waals surface area contributed by atoms with Gasteiger partial charge in [0.05, 0.1) is 11.2 Å². The van der Waals surface area contributed by atoms with Gasteiger partial charge in [-0.15, -0.1) is 11.3 Å². The van der Waals surface area contributed by atoms with E-state index >= 15 is 0 Å². The molecule has 6 rings (SSSR count). The van der Waals surface area contributed by atoms with Gasteiger partial charge in [-0.2, -0.15) is 0 Å². The van der Waals surface area contributed by atoms with Crippen molar-refractivity contribution in [3.8, 4) is 0 Å². The lowest BCUT2D eigenvalue weighted by Gasteiger charge is -2.32. The Morgan fingerprint density at radius 1 is 0.667 bits per heavy atom. The first-order valence-electron chi connectivity index (χ1n) is 10.5. The van der Waals surface area contributed by atoms with Crippen LogP contribution in [0.1, 0.15) is 27.7 Å². The SMILES string of the molecule is CC1(C)OB(c2ccc3sc4c5ccccc5c5ccccc5c4c3c2)OC1(C)C. The Hall–Kier alpha value is -2.40.